The minimum absolute atomic E-state index is 0.206. The summed E-state index contributed by atoms with van der Waals surface area (Å²) in [4.78, 5) is 39.1. The van der Waals surface area contributed by atoms with Crippen molar-refractivity contribution in [2.45, 2.75) is 12.8 Å². The second kappa shape index (κ2) is 7.66. The van der Waals surface area contributed by atoms with E-state index in [9.17, 15) is 22.8 Å². The normalized spacial score (nSPS) is 17.8. The highest BCUT2D eigenvalue weighted by atomic mass is 32.2. The minimum Gasteiger partial charge on any atom is -0.326 e. The number of imide groups is 1. The lowest BCUT2D eigenvalue weighted by Gasteiger charge is -2.29. The Kier molecular flexibility index (Phi) is 5.17. The number of nitrogens with one attached hydrogen (secondary N) is 1. The average Bonchev–Trinajstić information content (AvgIpc) is 2.98. The molecular formula is C21H21N3O5S. The fraction of sp³-hybridized carbons (Fsp3) is 0.286. The van der Waals surface area contributed by atoms with Gasteiger partial charge >= 0.3 is 0 Å². The van der Waals surface area contributed by atoms with E-state index < -0.39 is 21.8 Å². The molecule has 8 nitrogen and oxygen atoms in total. The van der Waals surface area contributed by atoms with Gasteiger partial charge in [-0.1, -0.05) is 18.2 Å². The van der Waals surface area contributed by atoms with Gasteiger partial charge < -0.3 is 5.32 Å². The van der Waals surface area contributed by atoms with Crippen molar-refractivity contribution in [1.82, 2.24) is 4.31 Å². The molecule has 2 aliphatic rings. The van der Waals surface area contributed by atoms with Crippen molar-refractivity contribution in [3.05, 3.63) is 59.7 Å². The van der Waals surface area contributed by atoms with E-state index in [0.717, 1.165) is 11.2 Å². The summed E-state index contributed by atoms with van der Waals surface area (Å²) in [6.07, 6.45) is 2.05. The summed E-state index contributed by atoms with van der Waals surface area (Å²) in [5, 5.41) is 2.82. The van der Waals surface area contributed by atoms with E-state index in [2.05, 4.69) is 5.32 Å². The Bertz CT molecular complexity index is 1100. The molecule has 156 valence electrons. The van der Waals surface area contributed by atoms with E-state index >= 15 is 0 Å². The Morgan fingerprint density at radius 3 is 2.13 bits per heavy atom. The zero-order chi connectivity index (χ0) is 21.5. The number of sulfonamides is 1. The number of benzene rings is 2. The zero-order valence-corrected chi connectivity index (χ0v) is 17.2. The van der Waals surface area contributed by atoms with E-state index in [1.807, 2.05) is 0 Å². The Labute approximate surface area is 174 Å². The van der Waals surface area contributed by atoms with E-state index in [4.69, 9.17) is 0 Å². The highest BCUT2D eigenvalue weighted by molar-refractivity contribution is 7.88. The highest BCUT2D eigenvalue weighted by Crippen LogP contribution is 2.30. The van der Waals surface area contributed by atoms with Crippen LogP contribution < -0.4 is 10.2 Å². The number of hydrogen-bond donors (Lipinski definition) is 1. The standard InChI is InChI=1S/C21H21N3O5S/c1-30(28,29)23-11-9-14(10-12-23)19(25)22-15-5-4-6-16(13-15)24-20(26)17-7-2-3-8-18(17)21(24)27/h2-8,13-14H,9-12H2,1H3,(H,22,25). The molecule has 0 radical (unpaired) electrons. The zero-order valence-electron chi connectivity index (χ0n) is 16.4. The minimum atomic E-state index is -3.25. The van der Waals surface area contributed by atoms with Gasteiger partial charge in [0, 0.05) is 24.7 Å². The molecule has 2 aromatic rings. The predicted molar refractivity (Wildman–Crippen MR) is 112 cm³/mol. The summed E-state index contributed by atoms with van der Waals surface area (Å²) >= 11 is 0. The Morgan fingerprint density at radius 2 is 1.57 bits per heavy atom. The predicted octanol–water partition coefficient (Wildman–Crippen LogP) is 2.10. The number of rotatable bonds is 4. The third-order valence-corrected chi connectivity index (χ3v) is 6.76. The Balaban J connectivity index is 1.47. The quantitative estimate of drug-likeness (QED) is 0.753. The van der Waals surface area contributed by atoms with Gasteiger partial charge in [-0.3, -0.25) is 14.4 Å². The maximum atomic E-state index is 12.7. The molecule has 2 aliphatic heterocycles. The molecule has 2 aromatic carbocycles. The molecule has 30 heavy (non-hydrogen) atoms. The first-order valence-corrected chi connectivity index (χ1v) is 11.4. The van der Waals surface area contributed by atoms with Gasteiger partial charge in [-0.25, -0.2) is 17.6 Å². The van der Waals surface area contributed by atoms with Crippen LogP contribution in [0.3, 0.4) is 0 Å². The van der Waals surface area contributed by atoms with Gasteiger partial charge in [0.25, 0.3) is 11.8 Å². The number of anilines is 2. The topological polar surface area (TPSA) is 104 Å². The van der Waals surface area contributed by atoms with Gasteiger partial charge in [-0.2, -0.15) is 0 Å². The fourth-order valence-corrected chi connectivity index (χ4v) is 4.71. The summed E-state index contributed by atoms with van der Waals surface area (Å²) in [5.74, 6) is -1.30. The SMILES string of the molecule is CS(=O)(=O)N1CCC(C(=O)Nc2cccc(N3C(=O)c4ccccc4C3=O)c2)CC1. The van der Waals surface area contributed by atoms with Crippen LogP contribution in [0.15, 0.2) is 48.5 Å². The summed E-state index contributed by atoms with van der Waals surface area (Å²) in [5.41, 5.74) is 1.56. The lowest BCUT2D eigenvalue weighted by atomic mass is 9.97. The molecule has 0 spiro atoms. The fourth-order valence-electron chi connectivity index (χ4n) is 3.84. The second-order valence-electron chi connectivity index (χ2n) is 7.47. The van der Waals surface area contributed by atoms with Crippen molar-refractivity contribution in [2.24, 2.45) is 5.92 Å². The summed E-state index contributed by atoms with van der Waals surface area (Å²) in [7, 11) is -3.25. The molecule has 0 atom stereocenters. The van der Waals surface area contributed by atoms with Crippen LogP contribution in [0.4, 0.5) is 11.4 Å². The van der Waals surface area contributed by atoms with Crippen molar-refractivity contribution in [2.75, 3.05) is 29.6 Å². The molecule has 9 heteroatoms. The third kappa shape index (κ3) is 3.73. The monoisotopic (exact) mass is 427 g/mol. The lowest BCUT2D eigenvalue weighted by molar-refractivity contribution is -0.120. The van der Waals surface area contributed by atoms with Crippen LogP contribution in [-0.4, -0.2) is 49.8 Å². The smallest absolute Gasteiger partial charge is 0.266 e. The van der Waals surface area contributed by atoms with Crippen molar-refractivity contribution in [1.29, 1.82) is 0 Å². The molecule has 4 rings (SSSR count). The number of carbonyl (C=O) groups is 3. The first kappa shape index (κ1) is 20.2. The van der Waals surface area contributed by atoms with Gasteiger partial charge in [0.1, 0.15) is 0 Å². The van der Waals surface area contributed by atoms with E-state index in [0.29, 0.717) is 48.4 Å². The molecule has 0 bridgehead atoms. The molecule has 1 N–H and O–H groups in total. The average molecular weight is 427 g/mol. The molecule has 3 amide bonds. The lowest BCUT2D eigenvalue weighted by Crippen LogP contribution is -2.40. The van der Waals surface area contributed by atoms with E-state index in [-0.39, 0.29) is 11.8 Å². The van der Waals surface area contributed by atoms with Crippen LogP contribution in [0.1, 0.15) is 33.6 Å². The van der Waals surface area contributed by atoms with Crippen molar-refractivity contribution in [3.8, 4) is 0 Å². The first-order valence-electron chi connectivity index (χ1n) is 9.59. The highest BCUT2D eigenvalue weighted by Gasteiger charge is 2.36. The number of amides is 3. The van der Waals surface area contributed by atoms with Gasteiger partial charge in [-0.05, 0) is 43.2 Å². The second-order valence-corrected chi connectivity index (χ2v) is 9.45. The van der Waals surface area contributed by atoms with Crippen LogP contribution in [-0.2, 0) is 14.8 Å². The number of fused-ring (bicyclic) bond motifs is 1. The van der Waals surface area contributed by atoms with E-state index in [1.54, 1.807) is 48.5 Å². The number of carbonyl (C=O) groups excluding carboxylic acids is 3. The summed E-state index contributed by atoms with van der Waals surface area (Å²) < 4.78 is 24.6. The number of hydrogen-bond acceptors (Lipinski definition) is 5. The number of nitrogens with zero attached hydrogens (tertiary/aromatic N) is 2. The van der Waals surface area contributed by atoms with Gasteiger partial charge in [0.2, 0.25) is 15.9 Å². The Hall–Kier alpha value is -3.04. The van der Waals surface area contributed by atoms with Gasteiger partial charge in [-0.15, -0.1) is 0 Å². The van der Waals surface area contributed by atoms with Gasteiger partial charge in [0.15, 0.2) is 0 Å². The van der Waals surface area contributed by atoms with Crippen LogP contribution in [0, 0.1) is 5.92 Å². The molecule has 2 heterocycles. The molecule has 0 saturated carbocycles. The third-order valence-electron chi connectivity index (χ3n) is 5.46. The largest absolute Gasteiger partial charge is 0.326 e. The van der Waals surface area contributed by atoms with Gasteiger partial charge in [0.05, 0.1) is 23.1 Å². The summed E-state index contributed by atoms with van der Waals surface area (Å²) in [6.45, 7) is 0.623. The van der Waals surface area contributed by atoms with Crippen LogP contribution in [0.5, 0.6) is 0 Å². The first-order chi connectivity index (χ1) is 14.3. The molecule has 1 fully saturated rings. The molecule has 0 unspecified atom stereocenters. The van der Waals surface area contributed by atoms with Crippen LogP contribution in [0.2, 0.25) is 0 Å². The molecular weight excluding hydrogens is 406 g/mol. The number of piperidine rings is 1. The maximum absolute atomic E-state index is 12.7. The van der Waals surface area contributed by atoms with Crippen LogP contribution in [0.25, 0.3) is 0 Å². The van der Waals surface area contributed by atoms with Crippen molar-refractivity contribution >= 4 is 39.1 Å². The molecule has 0 aromatic heterocycles. The summed E-state index contributed by atoms with van der Waals surface area (Å²) in [6, 6.07) is 13.2. The molecule has 1 saturated heterocycles. The van der Waals surface area contributed by atoms with E-state index in [1.165, 1.54) is 4.31 Å². The maximum Gasteiger partial charge on any atom is 0.266 e. The molecule has 0 aliphatic carbocycles. The Morgan fingerprint density at radius 1 is 0.967 bits per heavy atom. The van der Waals surface area contributed by atoms with Crippen LogP contribution >= 0.6 is 0 Å². The van der Waals surface area contributed by atoms with Crippen molar-refractivity contribution < 1.29 is 22.8 Å². The van der Waals surface area contributed by atoms with Crippen molar-refractivity contribution in [3.63, 3.8) is 0 Å².